The van der Waals surface area contributed by atoms with Gasteiger partial charge in [0.2, 0.25) is 0 Å². The molecule has 2 N–H and O–H groups in total. The number of ether oxygens (including phenoxy) is 1. The Balaban J connectivity index is 2.10. The lowest BCUT2D eigenvalue weighted by Crippen LogP contribution is -2.03. The fraction of sp³-hybridized carbons (Fsp3) is 0.250. The van der Waals surface area contributed by atoms with Gasteiger partial charge in [0.1, 0.15) is 17.4 Å². The summed E-state index contributed by atoms with van der Waals surface area (Å²) >= 11 is 0. The molecule has 1 aromatic heterocycles. The molecule has 0 aliphatic rings. The molecule has 0 spiro atoms. The maximum atomic E-state index is 13.1. The van der Waals surface area contributed by atoms with E-state index >= 15 is 0 Å². The third kappa shape index (κ3) is 2.75. The van der Waals surface area contributed by atoms with Crippen molar-refractivity contribution in [1.82, 2.24) is 9.97 Å². The Kier molecular flexibility index (Phi) is 3.27. The van der Waals surface area contributed by atoms with E-state index in [9.17, 15) is 4.39 Å². The molecule has 0 atom stereocenters. The van der Waals surface area contributed by atoms with Crippen LogP contribution in [0, 0.1) is 12.7 Å². The molecule has 0 aliphatic carbocycles. The van der Waals surface area contributed by atoms with E-state index < -0.39 is 0 Å². The number of methoxy groups -OCH3 is 1. The molecule has 0 saturated heterocycles. The first kappa shape index (κ1) is 11.4. The van der Waals surface area contributed by atoms with E-state index in [2.05, 4.69) is 15.3 Å². The van der Waals surface area contributed by atoms with Crippen LogP contribution in [-0.2, 0) is 6.54 Å². The number of hydrogen-bond acceptors (Lipinski definition) is 3. The summed E-state index contributed by atoms with van der Waals surface area (Å²) in [5.41, 5.74) is 1.54. The molecule has 0 radical (unpaired) electrons. The van der Waals surface area contributed by atoms with Gasteiger partial charge in [0.15, 0.2) is 0 Å². The van der Waals surface area contributed by atoms with Crippen LogP contribution < -0.4 is 10.1 Å². The van der Waals surface area contributed by atoms with Gasteiger partial charge in [-0.1, -0.05) is 0 Å². The van der Waals surface area contributed by atoms with Crippen LogP contribution >= 0.6 is 0 Å². The van der Waals surface area contributed by atoms with Gasteiger partial charge in [-0.3, -0.25) is 0 Å². The van der Waals surface area contributed by atoms with E-state index in [-0.39, 0.29) is 5.82 Å². The summed E-state index contributed by atoms with van der Waals surface area (Å²) in [5, 5.41) is 3.08. The van der Waals surface area contributed by atoms with Crippen molar-refractivity contribution in [3.8, 4) is 5.75 Å². The Morgan fingerprint density at radius 1 is 1.47 bits per heavy atom. The zero-order chi connectivity index (χ0) is 12.3. The van der Waals surface area contributed by atoms with Gasteiger partial charge in [0.25, 0.3) is 0 Å². The maximum Gasteiger partial charge on any atom is 0.142 e. The molecule has 1 aromatic carbocycles. The highest BCUT2D eigenvalue weighted by Crippen LogP contribution is 2.25. The first-order chi connectivity index (χ1) is 8.19. The summed E-state index contributed by atoms with van der Waals surface area (Å²) in [6, 6.07) is 4.35. The van der Waals surface area contributed by atoms with E-state index in [0.29, 0.717) is 18.0 Å². The molecule has 0 fully saturated rings. The van der Waals surface area contributed by atoms with Crippen LogP contribution in [-0.4, -0.2) is 17.1 Å². The van der Waals surface area contributed by atoms with Crippen LogP contribution in [0.25, 0.3) is 0 Å². The summed E-state index contributed by atoms with van der Waals surface area (Å²) in [4.78, 5) is 7.27. The molecule has 2 aromatic rings. The number of anilines is 1. The number of rotatable bonds is 4. The van der Waals surface area contributed by atoms with E-state index in [4.69, 9.17) is 4.74 Å². The van der Waals surface area contributed by atoms with Gasteiger partial charge in [-0.15, -0.1) is 0 Å². The van der Waals surface area contributed by atoms with Crippen molar-refractivity contribution in [3.63, 3.8) is 0 Å². The molecule has 0 amide bonds. The molecule has 4 nitrogen and oxygen atoms in total. The third-order valence-corrected chi connectivity index (χ3v) is 2.37. The van der Waals surface area contributed by atoms with Crippen LogP contribution in [0.15, 0.2) is 24.4 Å². The van der Waals surface area contributed by atoms with Crippen molar-refractivity contribution >= 4 is 5.69 Å². The minimum atomic E-state index is -0.302. The number of imidazole rings is 1. The number of benzene rings is 1. The Labute approximate surface area is 98.8 Å². The largest absolute Gasteiger partial charge is 0.495 e. The van der Waals surface area contributed by atoms with Gasteiger partial charge < -0.3 is 15.0 Å². The van der Waals surface area contributed by atoms with E-state index in [1.165, 1.54) is 12.1 Å². The fourth-order valence-electron chi connectivity index (χ4n) is 1.55. The minimum Gasteiger partial charge on any atom is -0.495 e. The van der Waals surface area contributed by atoms with Crippen LogP contribution in [0.2, 0.25) is 0 Å². The highest BCUT2D eigenvalue weighted by atomic mass is 19.1. The smallest absolute Gasteiger partial charge is 0.142 e. The van der Waals surface area contributed by atoms with Crippen molar-refractivity contribution < 1.29 is 9.13 Å². The predicted molar refractivity (Wildman–Crippen MR) is 63.6 cm³/mol. The second-order valence-electron chi connectivity index (χ2n) is 3.69. The molecule has 90 valence electrons. The lowest BCUT2D eigenvalue weighted by atomic mass is 10.3. The number of halogens is 1. The van der Waals surface area contributed by atoms with Crippen LogP contribution in [0.3, 0.4) is 0 Å². The van der Waals surface area contributed by atoms with Crippen molar-refractivity contribution in [3.05, 3.63) is 41.7 Å². The van der Waals surface area contributed by atoms with Gasteiger partial charge in [-0.25, -0.2) is 9.37 Å². The van der Waals surface area contributed by atoms with Crippen molar-refractivity contribution in [2.45, 2.75) is 13.5 Å². The molecule has 17 heavy (non-hydrogen) atoms. The zero-order valence-corrected chi connectivity index (χ0v) is 9.75. The summed E-state index contributed by atoms with van der Waals surface area (Å²) in [7, 11) is 1.55. The van der Waals surface area contributed by atoms with Gasteiger partial charge >= 0.3 is 0 Å². The van der Waals surface area contributed by atoms with Crippen LogP contribution in [0.5, 0.6) is 5.75 Å². The first-order valence-electron chi connectivity index (χ1n) is 5.27. The average molecular weight is 235 g/mol. The van der Waals surface area contributed by atoms with Gasteiger partial charge in [-0.2, -0.15) is 0 Å². The fourth-order valence-corrected chi connectivity index (χ4v) is 1.55. The number of aromatic amines is 1. The molecule has 0 bridgehead atoms. The number of H-pyrrole nitrogens is 1. The minimum absolute atomic E-state index is 0.302. The van der Waals surface area contributed by atoms with Crippen molar-refractivity contribution in [1.29, 1.82) is 0 Å². The zero-order valence-electron chi connectivity index (χ0n) is 9.75. The van der Waals surface area contributed by atoms with Gasteiger partial charge in [0, 0.05) is 12.3 Å². The van der Waals surface area contributed by atoms with Crippen LogP contribution in [0.4, 0.5) is 10.1 Å². The standard InChI is InChI=1S/C12H14FN3O/c1-8-6-15-12(16-8)7-14-10-5-9(13)3-4-11(10)17-2/h3-6,14H,7H2,1-2H3,(H,15,16). The second-order valence-corrected chi connectivity index (χ2v) is 3.69. The Morgan fingerprint density at radius 2 is 2.29 bits per heavy atom. The molecule has 0 unspecified atom stereocenters. The lowest BCUT2D eigenvalue weighted by molar-refractivity contribution is 0.415. The van der Waals surface area contributed by atoms with Crippen molar-refractivity contribution in [2.75, 3.05) is 12.4 Å². The van der Waals surface area contributed by atoms with Crippen molar-refractivity contribution in [2.24, 2.45) is 0 Å². The summed E-state index contributed by atoms with van der Waals surface area (Å²) in [6.07, 6.45) is 1.82. The third-order valence-electron chi connectivity index (χ3n) is 2.37. The Bertz CT molecular complexity index is 510. The number of nitrogens with zero attached hydrogens (tertiary/aromatic N) is 1. The quantitative estimate of drug-likeness (QED) is 0.856. The predicted octanol–water partition coefficient (Wildman–Crippen LogP) is 2.48. The topological polar surface area (TPSA) is 49.9 Å². The van der Waals surface area contributed by atoms with E-state index in [1.54, 1.807) is 13.2 Å². The SMILES string of the molecule is COc1ccc(F)cc1NCc1nc(C)c[nH]1. The normalized spacial score (nSPS) is 10.3. The van der Waals surface area contributed by atoms with E-state index in [0.717, 1.165) is 11.5 Å². The highest BCUT2D eigenvalue weighted by molar-refractivity contribution is 5.56. The Hall–Kier alpha value is -2.04. The molecular formula is C12H14FN3O. The molecule has 2 rings (SSSR count). The monoisotopic (exact) mass is 235 g/mol. The lowest BCUT2D eigenvalue weighted by Gasteiger charge is -2.09. The second kappa shape index (κ2) is 4.86. The molecule has 5 heteroatoms. The number of hydrogen-bond donors (Lipinski definition) is 2. The molecular weight excluding hydrogens is 221 g/mol. The Morgan fingerprint density at radius 3 is 2.94 bits per heavy atom. The van der Waals surface area contributed by atoms with Gasteiger partial charge in [-0.05, 0) is 19.1 Å². The summed E-state index contributed by atoms with van der Waals surface area (Å²) < 4.78 is 18.2. The molecule has 0 saturated carbocycles. The molecule has 1 heterocycles. The number of aromatic nitrogens is 2. The summed E-state index contributed by atoms with van der Waals surface area (Å²) in [5.74, 6) is 1.10. The first-order valence-corrected chi connectivity index (χ1v) is 5.27. The van der Waals surface area contributed by atoms with Gasteiger partial charge in [0.05, 0.1) is 25.0 Å². The highest BCUT2D eigenvalue weighted by Gasteiger charge is 2.05. The van der Waals surface area contributed by atoms with E-state index in [1.807, 2.05) is 13.1 Å². The molecule has 0 aliphatic heterocycles. The number of nitrogens with one attached hydrogen (secondary N) is 2. The average Bonchev–Trinajstić information content (AvgIpc) is 2.73. The number of aryl methyl sites for hydroxylation is 1. The van der Waals surface area contributed by atoms with Crippen LogP contribution in [0.1, 0.15) is 11.5 Å². The maximum absolute atomic E-state index is 13.1. The summed E-state index contributed by atoms with van der Waals surface area (Å²) in [6.45, 7) is 2.40.